The van der Waals surface area contributed by atoms with Crippen LogP contribution >= 0.6 is 0 Å². The Bertz CT molecular complexity index is 1070. The van der Waals surface area contributed by atoms with Crippen LogP contribution in [0.2, 0.25) is 0 Å². The van der Waals surface area contributed by atoms with E-state index in [-0.39, 0.29) is 17.5 Å². The number of carbonyl (C=O) groups excluding carboxylic acids is 1. The van der Waals surface area contributed by atoms with Crippen LogP contribution in [0.15, 0.2) is 43.0 Å². The molecule has 148 valence electrons. The van der Waals surface area contributed by atoms with Gasteiger partial charge in [0.15, 0.2) is 11.6 Å². The van der Waals surface area contributed by atoms with E-state index in [2.05, 4.69) is 27.0 Å². The van der Waals surface area contributed by atoms with E-state index < -0.39 is 0 Å². The highest BCUT2D eigenvalue weighted by Gasteiger charge is 2.34. The van der Waals surface area contributed by atoms with Gasteiger partial charge in [-0.15, -0.1) is 11.7 Å². The molecular formula is C22H22FN5O. The van der Waals surface area contributed by atoms with Crippen LogP contribution in [0.1, 0.15) is 45.3 Å². The number of halogens is 1. The topological polar surface area (TPSA) is 72.7 Å². The third kappa shape index (κ3) is 3.68. The van der Waals surface area contributed by atoms with E-state index in [4.69, 9.17) is 0 Å². The van der Waals surface area contributed by atoms with Gasteiger partial charge in [-0.2, -0.15) is 0 Å². The molecule has 0 amide bonds. The Kier molecular flexibility index (Phi) is 4.96. The fourth-order valence-corrected chi connectivity index (χ4v) is 3.80. The number of Topliss-reactive ketones (excluding diaryl/α,β-unsaturated/α-hetero) is 1. The molecule has 0 fully saturated rings. The summed E-state index contributed by atoms with van der Waals surface area (Å²) in [6.07, 6.45) is 2.65. The Labute approximate surface area is 168 Å². The first-order chi connectivity index (χ1) is 14.0. The zero-order valence-corrected chi connectivity index (χ0v) is 16.4. The van der Waals surface area contributed by atoms with Crippen LogP contribution in [0, 0.1) is 19.7 Å². The Balaban J connectivity index is 1.82. The minimum Gasteiger partial charge on any atom is -0.365 e. The van der Waals surface area contributed by atoms with Crippen LogP contribution in [0.25, 0.3) is 5.95 Å². The number of carbonyl (C=O) groups is 1. The van der Waals surface area contributed by atoms with Crippen molar-refractivity contribution in [1.29, 1.82) is 0 Å². The maximum atomic E-state index is 13.3. The predicted octanol–water partition coefficient (Wildman–Crippen LogP) is 3.93. The van der Waals surface area contributed by atoms with Gasteiger partial charge in [0, 0.05) is 24.4 Å². The lowest BCUT2D eigenvalue weighted by Crippen LogP contribution is -2.21. The number of fused-ring (bicyclic) bond motifs is 1. The maximum absolute atomic E-state index is 13.3. The normalized spacial score (nSPS) is 15.8. The second-order valence-corrected chi connectivity index (χ2v) is 7.28. The predicted molar refractivity (Wildman–Crippen MR) is 109 cm³/mol. The number of nitrogens with one attached hydrogen (secondary N) is 1. The number of aryl methyl sites for hydroxylation is 2. The van der Waals surface area contributed by atoms with Crippen LogP contribution in [0.5, 0.6) is 0 Å². The van der Waals surface area contributed by atoms with Gasteiger partial charge in [0.05, 0.1) is 11.3 Å². The Morgan fingerprint density at radius 1 is 1.21 bits per heavy atom. The van der Waals surface area contributed by atoms with Gasteiger partial charge < -0.3 is 5.32 Å². The van der Waals surface area contributed by atoms with E-state index in [1.54, 1.807) is 22.9 Å². The summed E-state index contributed by atoms with van der Waals surface area (Å²) in [5.74, 6) is 0.622. The highest BCUT2D eigenvalue weighted by Crippen LogP contribution is 2.36. The number of anilines is 1. The largest absolute Gasteiger partial charge is 0.365 e. The molecule has 4 rings (SSSR count). The summed E-state index contributed by atoms with van der Waals surface area (Å²) in [7, 11) is 0. The van der Waals surface area contributed by atoms with E-state index in [1.807, 2.05) is 19.9 Å². The number of aromatic nitrogens is 4. The number of rotatable bonds is 5. The van der Waals surface area contributed by atoms with Crippen molar-refractivity contribution in [1.82, 2.24) is 19.7 Å². The molecule has 1 atom stereocenters. The first-order valence-electron chi connectivity index (χ1n) is 9.54. The molecule has 0 saturated heterocycles. The molecule has 1 aromatic carbocycles. The monoisotopic (exact) mass is 391 g/mol. The lowest BCUT2D eigenvalue weighted by Gasteiger charge is -2.23. The molecule has 2 heterocycles. The fraction of sp³-hybridized carbons (Fsp3) is 0.273. The molecule has 0 bridgehead atoms. The Morgan fingerprint density at radius 2 is 1.90 bits per heavy atom. The first kappa shape index (κ1) is 19.0. The van der Waals surface area contributed by atoms with E-state index >= 15 is 0 Å². The van der Waals surface area contributed by atoms with Gasteiger partial charge in [-0.3, -0.25) is 4.79 Å². The van der Waals surface area contributed by atoms with Crippen LogP contribution in [0.3, 0.4) is 0 Å². The van der Waals surface area contributed by atoms with Crippen molar-refractivity contribution in [2.75, 3.05) is 11.9 Å². The summed E-state index contributed by atoms with van der Waals surface area (Å²) in [4.78, 5) is 22.1. The lowest BCUT2D eigenvalue weighted by molar-refractivity contribution is 0.0964. The molecule has 1 aliphatic carbocycles. The minimum absolute atomic E-state index is 0.00256. The van der Waals surface area contributed by atoms with Crippen LogP contribution in [-0.4, -0.2) is 32.1 Å². The van der Waals surface area contributed by atoms with Crippen LogP contribution in [-0.2, 0) is 6.42 Å². The third-order valence-electron chi connectivity index (χ3n) is 5.05. The molecule has 7 heteroatoms. The molecule has 0 saturated carbocycles. The van der Waals surface area contributed by atoms with Gasteiger partial charge in [-0.25, -0.2) is 19.0 Å². The zero-order chi connectivity index (χ0) is 20.5. The van der Waals surface area contributed by atoms with Crippen molar-refractivity contribution >= 4 is 11.6 Å². The average molecular weight is 391 g/mol. The summed E-state index contributed by atoms with van der Waals surface area (Å²) < 4.78 is 15.0. The number of hydrogen-bond donors (Lipinski definition) is 1. The van der Waals surface area contributed by atoms with E-state index in [1.165, 1.54) is 12.1 Å². The quantitative estimate of drug-likeness (QED) is 0.667. The van der Waals surface area contributed by atoms with Crippen molar-refractivity contribution in [3.63, 3.8) is 0 Å². The summed E-state index contributed by atoms with van der Waals surface area (Å²) in [6.45, 7) is 8.01. The molecule has 1 N–H and O–H groups in total. The fourth-order valence-electron chi connectivity index (χ4n) is 3.80. The standard InChI is InChI=1S/C22H22FN5O/c1-4-9-24-21-20-18(28(27-21)22-25-13(2)10-14(3)26-22)11-16(12-19(20)29)15-5-7-17(23)8-6-15/h4-8,10,16H,1,9,11-12H2,2-3H3,(H,24,27)/t16-/m0/s1. The molecule has 1 aliphatic rings. The molecule has 29 heavy (non-hydrogen) atoms. The van der Waals surface area contributed by atoms with Gasteiger partial charge in [0.25, 0.3) is 5.95 Å². The SMILES string of the molecule is C=CCNc1nn(-c2nc(C)cc(C)n2)c2c1C(=O)C[C@@H](c1ccc(F)cc1)C2. The Morgan fingerprint density at radius 3 is 2.55 bits per heavy atom. The van der Waals surface area contributed by atoms with Crippen molar-refractivity contribution < 1.29 is 9.18 Å². The number of ketones is 1. The number of hydrogen-bond acceptors (Lipinski definition) is 5. The van der Waals surface area contributed by atoms with Gasteiger partial charge in [0.2, 0.25) is 0 Å². The highest BCUT2D eigenvalue weighted by atomic mass is 19.1. The molecule has 2 aromatic heterocycles. The number of benzene rings is 1. The second-order valence-electron chi connectivity index (χ2n) is 7.28. The van der Waals surface area contributed by atoms with E-state index in [0.717, 1.165) is 22.6 Å². The van der Waals surface area contributed by atoms with Crippen molar-refractivity contribution in [3.8, 4) is 5.95 Å². The van der Waals surface area contributed by atoms with Gasteiger partial charge >= 0.3 is 0 Å². The average Bonchev–Trinajstić information content (AvgIpc) is 3.05. The third-order valence-corrected chi connectivity index (χ3v) is 5.05. The molecule has 0 unspecified atom stereocenters. The first-order valence-corrected chi connectivity index (χ1v) is 9.54. The van der Waals surface area contributed by atoms with Crippen molar-refractivity contribution in [2.45, 2.75) is 32.6 Å². The van der Waals surface area contributed by atoms with Crippen molar-refractivity contribution in [3.05, 3.63) is 77.0 Å². The minimum atomic E-state index is -0.291. The van der Waals surface area contributed by atoms with Crippen LogP contribution in [0.4, 0.5) is 10.2 Å². The zero-order valence-electron chi connectivity index (χ0n) is 16.4. The summed E-state index contributed by atoms with van der Waals surface area (Å²) in [6, 6.07) is 8.22. The highest BCUT2D eigenvalue weighted by molar-refractivity contribution is 6.03. The molecule has 0 spiro atoms. The van der Waals surface area contributed by atoms with E-state index in [0.29, 0.717) is 36.7 Å². The van der Waals surface area contributed by atoms with Gasteiger partial charge in [-0.05, 0) is 49.9 Å². The molecule has 0 radical (unpaired) electrons. The molecule has 6 nitrogen and oxygen atoms in total. The smallest absolute Gasteiger partial charge is 0.251 e. The van der Waals surface area contributed by atoms with Crippen molar-refractivity contribution in [2.24, 2.45) is 0 Å². The van der Waals surface area contributed by atoms with Crippen LogP contribution < -0.4 is 5.32 Å². The van der Waals surface area contributed by atoms with E-state index in [9.17, 15) is 9.18 Å². The second kappa shape index (κ2) is 7.58. The summed E-state index contributed by atoms with van der Waals surface area (Å²) in [5.41, 5.74) is 3.93. The molecule has 0 aliphatic heterocycles. The van der Waals surface area contributed by atoms with Gasteiger partial charge in [0.1, 0.15) is 5.82 Å². The number of nitrogens with zero attached hydrogens (tertiary/aromatic N) is 4. The Hall–Kier alpha value is -3.35. The molecule has 3 aromatic rings. The lowest BCUT2D eigenvalue weighted by atomic mass is 9.82. The molecular weight excluding hydrogens is 369 g/mol. The maximum Gasteiger partial charge on any atom is 0.251 e. The summed E-state index contributed by atoms with van der Waals surface area (Å²) in [5, 5.41) is 7.78. The van der Waals surface area contributed by atoms with Gasteiger partial charge in [-0.1, -0.05) is 18.2 Å². The summed E-state index contributed by atoms with van der Waals surface area (Å²) >= 11 is 0.